The Labute approximate surface area is 200 Å². The average Bonchev–Trinajstić information content (AvgIpc) is 2.81. The maximum atomic E-state index is 13.5. The molecule has 0 saturated carbocycles. The first kappa shape index (κ1) is 27.1. The van der Waals surface area contributed by atoms with Gasteiger partial charge in [0.05, 0.1) is 18.6 Å². The van der Waals surface area contributed by atoms with E-state index in [1.54, 1.807) is 20.8 Å². The molecule has 0 bridgehead atoms. The smallest absolute Gasteiger partial charge is 0.317 e. The fourth-order valence-electron chi connectivity index (χ4n) is 4.44. The second-order valence-electron chi connectivity index (χ2n) is 8.66. The zero-order valence-electron chi connectivity index (χ0n) is 20.1. The zero-order valence-corrected chi connectivity index (χ0v) is 20.1. The summed E-state index contributed by atoms with van der Waals surface area (Å²) in [6, 6.07) is 9.21. The lowest BCUT2D eigenvalue weighted by Crippen LogP contribution is -2.50. The predicted molar refractivity (Wildman–Crippen MR) is 128 cm³/mol. The number of hydrogen-bond donors (Lipinski definition) is 4. The minimum Gasteiger partial charge on any atom is -0.480 e. The van der Waals surface area contributed by atoms with Crippen molar-refractivity contribution in [3.05, 3.63) is 58.2 Å². The van der Waals surface area contributed by atoms with Crippen molar-refractivity contribution in [3.8, 4) is 0 Å². The molecule has 184 valence electrons. The molecule has 0 radical (unpaired) electrons. The summed E-state index contributed by atoms with van der Waals surface area (Å²) in [6.07, 6.45) is 3.57. The van der Waals surface area contributed by atoms with Gasteiger partial charge in [-0.3, -0.25) is 24.5 Å². The van der Waals surface area contributed by atoms with Crippen molar-refractivity contribution in [3.63, 3.8) is 0 Å². The number of nitrogens with one attached hydrogen (secondary N) is 2. The van der Waals surface area contributed by atoms with Crippen molar-refractivity contribution in [1.82, 2.24) is 10.6 Å². The molecule has 8 heteroatoms. The molecule has 1 aromatic rings. The van der Waals surface area contributed by atoms with Crippen LogP contribution in [0.15, 0.2) is 52.6 Å². The zero-order chi connectivity index (χ0) is 25.3. The second-order valence-corrected chi connectivity index (χ2v) is 8.66. The van der Waals surface area contributed by atoms with Crippen LogP contribution in [0.4, 0.5) is 0 Å². The van der Waals surface area contributed by atoms with Gasteiger partial charge in [0.1, 0.15) is 0 Å². The third-order valence-electron chi connectivity index (χ3n) is 6.35. The Morgan fingerprint density at radius 3 is 2.00 bits per heavy atom. The van der Waals surface area contributed by atoms with E-state index in [-0.39, 0.29) is 24.7 Å². The van der Waals surface area contributed by atoms with Gasteiger partial charge in [0.15, 0.2) is 11.6 Å². The lowest BCUT2D eigenvalue weighted by Gasteiger charge is -2.39. The number of carboxylic acid groups (broad SMARTS) is 2. The molecule has 1 unspecified atom stereocenters. The molecule has 0 spiro atoms. The van der Waals surface area contributed by atoms with Crippen molar-refractivity contribution >= 4 is 23.5 Å². The standard InChI is InChI=1S/C26H34N2O6/c1-17-18(2)25(34)23(19(3)24(17)33)26(28-16-22(31)32,20-11-7-6-8-12-20)13-9-4-5-10-14-27-15-21(29)30/h6-8,11-12,27-28H,4-5,9-10,13-16H2,1-3H3,(H,29,30)(H,31,32). The molecule has 1 aliphatic rings. The number of aliphatic carboxylic acids is 2. The maximum absolute atomic E-state index is 13.5. The average molecular weight is 471 g/mol. The number of benzene rings is 1. The van der Waals surface area contributed by atoms with E-state index in [1.165, 1.54) is 0 Å². The Balaban J connectivity index is 2.36. The van der Waals surface area contributed by atoms with Crippen molar-refractivity contribution in [2.24, 2.45) is 0 Å². The molecular formula is C26H34N2O6. The molecule has 1 aromatic carbocycles. The first-order chi connectivity index (χ1) is 16.1. The number of unbranched alkanes of at least 4 members (excludes halogenated alkanes) is 3. The van der Waals surface area contributed by atoms with Gasteiger partial charge >= 0.3 is 11.9 Å². The van der Waals surface area contributed by atoms with Gasteiger partial charge in [-0.25, -0.2) is 0 Å². The number of allylic oxidation sites excluding steroid dienone is 3. The van der Waals surface area contributed by atoms with Gasteiger partial charge in [-0.1, -0.05) is 49.6 Å². The van der Waals surface area contributed by atoms with Gasteiger partial charge in [0.2, 0.25) is 0 Å². The SMILES string of the molecule is CC1=C(C)C(=O)C(C(CCCCCCNCC(=O)O)(NCC(=O)O)c2ccccc2)=C(C)C1=O. The van der Waals surface area contributed by atoms with E-state index in [9.17, 15) is 24.3 Å². The normalized spacial score (nSPS) is 16.1. The molecule has 1 aliphatic carbocycles. The topological polar surface area (TPSA) is 133 Å². The summed E-state index contributed by atoms with van der Waals surface area (Å²) in [4.78, 5) is 48.6. The maximum Gasteiger partial charge on any atom is 0.317 e. The van der Waals surface area contributed by atoms with Crippen LogP contribution in [0.3, 0.4) is 0 Å². The van der Waals surface area contributed by atoms with Gasteiger partial charge in [-0.2, -0.15) is 0 Å². The van der Waals surface area contributed by atoms with Crippen LogP contribution in [0.25, 0.3) is 0 Å². The van der Waals surface area contributed by atoms with Crippen LogP contribution in [0, 0.1) is 0 Å². The summed E-state index contributed by atoms with van der Waals surface area (Å²) < 4.78 is 0. The fraction of sp³-hybridized carbons (Fsp3) is 0.462. The lowest BCUT2D eigenvalue weighted by molar-refractivity contribution is -0.137. The van der Waals surface area contributed by atoms with Crippen LogP contribution in [-0.2, 0) is 24.7 Å². The number of carbonyl (C=O) groups excluding carboxylic acids is 2. The quantitative estimate of drug-likeness (QED) is 0.241. The molecular weight excluding hydrogens is 436 g/mol. The van der Waals surface area contributed by atoms with Crippen LogP contribution in [0.5, 0.6) is 0 Å². The van der Waals surface area contributed by atoms with Crippen molar-refractivity contribution in [2.75, 3.05) is 19.6 Å². The fourth-order valence-corrected chi connectivity index (χ4v) is 4.44. The Kier molecular flexibility index (Phi) is 9.89. The van der Waals surface area contributed by atoms with Gasteiger partial charge < -0.3 is 15.5 Å². The lowest BCUT2D eigenvalue weighted by atomic mass is 9.70. The van der Waals surface area contributed by atoms with Crippen LogP contribution < -0.4 is 10.6 Å². The highest BCUT2D eigenvalue weighted by atomic mass is 16.4. The molecule has 1 atom stereocenters. The number of hydrogen-bond acceptors (Lipinski definition) is 6. The third kappa shape index (κ3) is 6.48. The summed E-state index contributed by atoms with van der Waals surface area (Å²) in [5, 5.41) is 24.1. The molecule has 0 fully saturated rings. The third-order valence-corrected chi connectivity index (χ3v) is 6.35. The summed E-state index contributed by atoms with van der Waals surface area (Å²) in [5.41, 5.74) is 1.07. The number of ketones is 2. The van der Waals surface area contributed by atoms with Crippen LogP contribution in [-0.4, -0.2) is 53.4 Å². The highest BCUT2D eigenvalue weighted by Gasteiger charge is 2.44. The van der Waals surface area contributed by atoms with Crippen LogP contribution in [0.2, 0.25) is 0 Å². The van der Waals surface area contributed by atoms with Gasteiger partial charge in [0.25, 0.3) is 0 Å². The molecule has 0 saturated heterocycles. The largest absolute Gasteiger partial charge is 0.480 e. The Bertz CT molecular complexity index is 996. The highest BCUT2D eigenvalue weighted by molar-refractivity contribution is 6.25. The summed E-state index contributed by atoms with van der Waals surface area (Å²) in [6.45, 7) is 5.07. The van der Waals surface area contributed by atoms with E-state index >= 15 is 0 Å². The Hall–Kier alpha value is -3.10. The van der Waals surface area contributed by atoms with E-state index < -0.39 is 17.5 Å². The van der Waals surface area contributed by atoms with E-state index in [2.05, 4.69) is 10.6 Å². The van der Waals surface area contributed by atoms with Gasteiger partial charge in [-0.05, 0) is 45.7 Å². The highest BCUT2D eigenvalue weighted by Crippen LogP contribution is 2.41. The first-order valence-electron chi connectivity index (χ1n) is 11.5. The minimum absolute atomic E-state index is 0.0773. The first-order valence-corrected chi connectivity index (χ1v) is 11.5. The molecule has 0 heterocycles. The van der Waals surface area contributed by atoms with E-state index in [0.29, 0.717) is 41.7 Å². The van der Waals surface area contributed by atoms with E-state index in [4.69, 9.17) is 5.11 Å². The molecule has 8 nitrogen and oxygen atoms in total. The van der Waals surface area contributed by atoms with Crippen molar-refractivity contribution in [1.29, 1.82) is 0 Å². The molecule has 0 aliphatic heterocycles. The molecule has 0 amide bonds. The number of carbonyl (C=O) groups is 4. The minimum atomic E-state index is -1.13. The van der Waals surface area contributed by atoms with Gasteiger partial charge in [0, 0.05) is 22.3 Å². The number of carboxylic acids is 2. The van der Waals surface area contributed by atoms with Crippen LogP contribution >= 0.6 is 0 Å². The Morgan fingerprint density at radius 2 is 1.38 bits per heavy atom. The monoisotopic (exact) mass is 470 g/mol. The molecule has 34 heavy (non-hydrogen) atoms. The molecule has 0 aromatic heterocycles. The number of rotatable bonds is 14. The van der Waals surface area contributed by atoms with Crippen LogP contribution in [0.1, 0.15) is 58.4 Å². The van der Waals surface area contributed by atoms with E-state index in [0.717, 1.165) is 24.8 Å². The van der Waals surface area contributed by atoms with E-state index in [1.807, 2.05) is 30.3 Å². The number of Topliss-reactive ketones (excluding diaryl/α,β-unsaturated/α-hetero) is 2. The molecule has 2 rings (SSSR count). The Morgan fingerprint density at radius 1 is 0.794 bits per heavy atom. The van der Waals surface area contributed by atoms with Gasteiger partial charge in [-0.15, -0.1) is 0 Å². The second kappa shape index (κ2) is 12.4. The summed E-state index contributed by atoms with van der Waals surface area (Å²) in [5.74, 6) is -2.39. The summed E-state index contributed by atoms with van der Waals surface area (Å²) >= 11 is 0. The molecule has 4 N–H and O–H groups in total. The summed E-state index contributed by atoms with van der Waals surface area (Å²) in [7, 11) is 0. The van der Waals surface area contributed by atoms with Crippen molar-refractivity contribution in [2.45, 2.75) is 58.4 Å². The van der Waals surface area contributed by atoms with Crippen molar-refractivity contribution < 1.29 is 29.4 Å². The predicted octanol–water partition coefficient (Wildman–Crippen LogP) is 2.99.